The molecule has 12 heteroatoms. The average molecular weight is 693 g/mol. The molecule has 8 unspecified atom stereocenters. The van der Waals surface area contributed by atoms with Crippen LogP contribution in [-0.4, -0.2) is 73.6 Å². The number of rotatable bonds is 16. The van der Waals surface area contributed by atoms with Crippen LogP contribution in [0.5, 0.6) is 5.75 Å². The zero-order valence-electron chi connectivity index (χ0n) is 27.2. The van der Waals surface area contributed by atoms with E-state index in [4.69, 9.17) is 15.6 Å². The summed E-state index contributed by atoms with van der Waals surface area (Å²) in [6.07, 6.45) is -6.91. The Morgan fingerprint density at radius 1 is 0.760 bits per heavy atom. The van der Waals surface area contributed by atoms with Crippen molar-refractivity contribution in [2.75, 3.05) is 11.5 Å². The Balaban J connectivity index is 1.26. The molecule has 0 radical (unpaired) electrons. The average Bonchev–Trinajstić information content (AvgIpc) is 3.13. The van der Waals surface area contributed by atoms with Gasteiger partial charge in [0.15, 0.2) is 0 Å². The quantitative estimate of drug-likeness (QED) is 0.0871. The number of hydrogen-bond acceptors (Lipinski definition) is 9. The van der Waals surface area contributed by atoms with E-state index in [0.717, 1.165) is 16.7 Å². The van der Waals surface area contributed by atoms with Crippen LogP contribution in [0.25, 0.3) is 0 Å². The van der Waals surface area contributed by atoms with Crippen molar-refractivity contribution in [1.29, 1.82) is 0 Å². The van der Waals surface area contributed by atoms with Gasteiger partial charge < -0.3 is 46.0 Å². The molecule has 1 saturated heterocycles. The molecule has 0 saturated carbocycles. The zero-order chi connectivity index (χ0) is 35.9. The van der Waals surface area contributed by atoms with Gasteiger partial charge in [0, 0.05) is 11.7 Å². The molecule has 50 heavy (non-hydrogen) atoms. The van der Waals surface area contributed by atoms with Gasteiger partial charge in [-0.3, -0.25) is 4.79 Å². The van der Waals surface area contributed by atoms with Crippen molar-refractivity contribution >= 4 is 11.6 Å². The van der Waals surface area contributed by atoms with Crippen LogP contribution in [0.4, 0.5) is 14.5 Å². The van der Waals surface area contributed by atoms with Crippen LogP contribution < -0.4 is 15.4 Å². The predicted molar refractivity (Wildman–Crippen MR) is 181 cm³/mol. The summed E-state index contributed by atoms with van der Waals surface area (Å²) in [6, 6.07) is 24.3. The number of halogens is 2. The molecule has 1 fully saturated rings. The molecule has 4 aromatic rings. The first-order valence-electron chi connectivity index (χ1n) is 16.4. The fourth-order valence-corrected chi connectivity index (χ4v) is 6.28. The van der Waals surface area contributed by atoms with Gasteiger partial charge in [-0.05, 0) is 90.0 Å². The van der Waals surface area contributed by atoms with Crippen molar-refractivity contribution in [3.63, 3.8) is 0 Å². The minimum absolute atomic E-state index is 0.116. The molecule has 8 atom stereocenters. The second kappa shape index (κ2) is 16.6. The highest BCUT2D eigenvalue weighted by atomic mass is 19.1. The van der Waals surface area contributed by atoms with E-state index in [1.807, 2.05) is 24.3 Å². The summed E-state index contributed by atoms with van der Waals surface area (Å²) in [6.45, 7) is -0.656. The highest BCUT2D eigenvalue weighted by Gasteiger charge is 2.48. The maximum absolute atomic E-state index is 13.7. The van der Waals surface area contributed by atoms with Crippen molar-refractivity contribution in [3.05, 3.63) is 131 Å². The summed E-state index contributed by atoms with van der Waals surface area (Å²) >= 11 is 0. The lowest BCUT2D eigenvalue weighted by atomic mass is 9.78. The van der Waals surface area contributed by atoms with Crippen LogP contribution >= 0.6 is 0 Å². The molecule has 1 aliphatic heterocycles. The molecule has 0 bridgehead atoms. The Kier molecular flexibility index (Phi) is 12.3. The Morgan fingerprint density at radius 3 is 1.98 bits per heavy atom. The monoisotopic (exact) mass is 692 g/mol. The number of aliphatic hydroxyl groups is 6. The summed E-state index contributed by atoms with van der Waals surface area (Å²) in [4.78, 5) is 15.0. The maximum Gasteiger partial charge on any atom is 0.233 e. The molecule has 1 amide bonds. The van der Waals surface area contributed by atoms with E-state index in [1.165, 1.54) is 36.4 Å². The molecular formula is C38H42F2N2O8. The molecule has 0 spiro atoms. The standard InChI is InChI=1S/C38H42F2N2O8/c39-26-9-5-22(6-10-26)32(44)18-17-30-34(42(38(30)49)28-13-11-27(40)12-14-28)23-7-15-29(16-8-23)50-21-25-4-2-1-3-24(25)19-31(41)35(46)37(48)36(47)33(45)20-43/h1-16,30-37,43-48H,17-21,41H2. The molecule has 4 aromatic carbocycles. The first-order valence-corrected chi connectivity index (χ1v) is 16.4. The first-order chi connectivity index (χ1) is 24.0. The van der Waals surface area contributed by atoms with E-state index in [2.05, 4.69) is 0 Å². The van der Waals surface area contributed by atoms with Gasteiger partial charge in [0.2, 0.25) is 5.91 Å². The number of carbonyl (C=O) groups is 1. The summed E-state index contributed by atoms with van der Waals surface area (Å²) in [5.74, 6) is -0.907. The van der Waals surface area contributed by atoms with Gasteiger partial charge in [-0.25, -0.2) is 8.78 Å². The second-order valence-corrected chi connectivity index (χ2v) is 12.6. The summed E-state index contributed by atoms with van der Waals surface area (Å²) in [7, 11) is 0. The Morgan fingerprint density at radius 2 is 1.36 bits per heavy atom. The minimum atomic E-state index is -1.79. The van der Waals surface area contributed by atoms with Gasteiger partial charge >= 0.3 is 0 Å². The lowest BCUT2D eigenvalue weighted by Gasteiger charge is -2.48. The normalized spacial score (nSPS) is 19.6. The lowest BCUT2D eigenvalue weighted by molar-refractivity contribution is -0.131. The van der Waals surface area contributed by atoms with Gasteiger partial charge in [0.05, 0.1) is 30.8 Å². The van der Waals surface area contributed by atoms with Gasteiger partial charge in [-0.2, -0.15) is 0 Å². The number of amides is 1. The van der Waals surface area contributed by atoms with Crippen molar-refractivity contribution in [3.8, 4) is 5.75 Å². The number of ether oxygens (including phenoxy) is 1. The maximum atomic E-state index is 13.7. The molecule has 0 aromatic heterocycles. The molecule has 8 N–H and O–H groups in total. The topological polar surface area (TPSA) is 177 Å². The molecule has 1 heterocycles. The van der Waals surface area contributed by atoms with Crippen molar-refractivity contribution in [2.45, 2.75) is 68.5 Å². The third-order valence-corrected chi connectivity index (χ3v) is 9.23. The number of nitrogens with two attached hydrogens (primary N) is 1. The van der Waals surface area contributed by atoms with E-state index in [9.17, 15) is 39.1 Å². The number of β-lactam (4-membered cyclic amide) rings is 1. The van der Waals surface area contributed by atoms with Crippen LogP contribution in [-0.2, 0) is 17.8 Å². The Hall–Kier alpha value is -4.27. The molecular weight excluding hydrogens is 650 g/mol. The second-order valence-electron chi connectivity index (χ2n) is 12.6. The predicted octanol–water partition coefficient (Wildman–Crippen LogP) is 3.07. The molecule has 5 rings (SSSR count). The van der Waals surface area contributed by atoms with Crippen LogP contribution in [0, 0.1) is 17.6 Å². The van der Waals surface area contributed by atoms with Crippen LogP contribution in [0.3, 0.4) is 0 Å². The van der Waals surface area contributed by atoms with E-state index in [-0.39, 0.29) is 31.4 Å². The number of hydrogen-bond donors (Lipinski definition) is 7. The Labute approximate surface area is 288 Å². The van der Waals surface area contributed by atoms with Crippen LogP contribution in [0.15, 0.2) is 97.1 Å². The number of nitrogens with zero attached hydrogens (tertiary/aromatic N) is 1. The van der Waals surface area contributed by atoms with Gasteiger partial charge in [0.1, 0.15) is 42.3 Å². The van der Waals surface area contributed by atoms with Crippen molar-refractivity contribution in [2.24, 2.45) is 11.7 Å². The summed E-state index contributed by atoms with van der Waals surface area (Å²) < 4.78 is 33.1. The lowest BCUT2D eigenvalue weighted by Crippen LogP contribution is -2.55. The first kappa shape index (κ1) is 37.0. The minimum Gasteiger partial charge on any atom is -0.489 e. The largest absolute Gasteiger partial charge is 0.489 e. The third-order valence-electron chi connectivity index (χ3n) is 9.23. The van der Waals surface area contributed by atoms with Gasteiger partial charge in [-0.1, -0.05) is 48.5 Å². The van der Waals surface area contributed by atoms with Gasteiger partial charge in [-0.15, -0.1) is 0 Å². The van der Waals surface area contributed by atoms with Crippen LogP contribution in [0.2, 0.25) is 0 Å². The molecule has 1 aliphatic rings. The highest BCUT2D eigenvalue weighted by Crippen LogP contribution is 2.46. The third kappa shape index (κ3) is 8.53. The van der Waals surface area contributed by atoms with Crippen molar-refractivity contribution < 1.29 is 49.0 Å². The van der Waals surface area contributed by atoms with E-state index >= 15 is 0 Å². The molecule has 10 nitrogen and oxygen atoms in total. The SMILES string of the molecule is NC(Cc1ccccc1COc1ccc(C2C(CCC(O)c3ccc(F)cc3)C(=O)N2c2ccc(F)cc2)cc1)C(O)C(O)C(O)C(O)CO. The summed E-state index contributed by atoms with van der Waals surface area (Å²) in [5, 5.41) is 60.1. The fourth-order valence-electron chi connectivity index (χ4n) is 6.28. The smallest absolute Gasteiger partial charge is 0.233 e. The number of carbonyl (C=O) groups excluding carboxylic acids is 1. The zero-order valence-corrected chi connectivity index (χ0v) is 27.2. The van der Waals surface area contributed by atoms with E-state index in [1.54, 1.807) is 41.3 Å². The van der Waals surface area contributed by atoms with Crippen LogP contribution in [0.1, 0.15) is 47.2 Å². The van der Waals surface area contributed by atoms with Gasteiger partial charge in [0.25, 0.3) is 0 Å². The fraction of sp³-hybridized carbons (Fsp3) is 0.342. The van der Waals surface area contributed by atoms with E-state index in [0.29, 0.717) is 23.4 Å². The Bertz CT molecular complexity index is 1690. The summed E-state index contributed by atoms with van der Waals surface area (Å²) in [5.41, 5.74) is 9.55. The number of benzene rings is 4. The van der Waals surface area contributed by atoms with E-state index < -0.39 is 60.7 Å². The highest BCUT2D eigenvalue weighted by molar-refractivity contribution is 6.03. The molecule has 0 aliphatic carbocycles. The number of aliphatic hydroxyl groups excluding tert-OH is 6. The van der Waals surface area contributed by atoms with Crippen molar-refractivity contribution in [1.82, 2.24) is 0 Å². The molecule has 266 valence electrons. The number of anilines is 1.